The first-order valence-corrected chi connectivity index (χ1v) is 7.94. The molecule has 1 heterocycles. The van der Waals surface area contributed by atoms with Gasteiger partial charge in [-0.3, -0.25) is 4.68 Å². The SMILES string of the molecule is CCNC(Cc1cc(CC)nn1C)c1ccc(C)cc1Cl. The summed E-state index contributed by atoms with van der Waals surface area (Å²) in [5, 5.41) is 8.90. The average molecular weight is 306 g/mol. The number of nitrogens with zero attached hydrogens (tertiary/aromatic N) is 2. The smallest absolute Gasteiger partial charge is 0.0624 e. The van der Waals surface area contributed by atoms with Crippen molar-refractivity contribution in [2.75, 3.05) is 6.54 Å². The van der Waals surface area contributed by atoms with Crippen molar-refractivity contribution >= 4 is 11.6 Å². The van der Waals surface area contributed by atoms with Crippen LogP contribution >= 0.6 is 11.6 Å². The van der Waals surface area contributed by atoms with Gasteiger partial charge in [0.25, 0.3) is 0 Å². The highest BCUT2D eigenvalue weighted by atomic mass is 35.5. The Morgan fingerprint density at radius 3 is 2.62 bits per heavy atom. The maximum Gasteiger partial charge on any atom is 0.0624 e. The second-order valence-corrected chi connectivity index (χ2v) is 5.85. The minimum Gasteiger partial charge on any atom is -0.310 e. The van der Waals surface area contributed by atoms with E-state index < -0.39 is 0 Å². The van der Waals surface area contributed by atoms with Gasteiger partial charge in [0.2, 0.25) is 0 Å². The van der Waals surface area contributed by atoms with E-state index in [0.717, 1.165) is 35.7 Å². The van der Waals surface area contributed by atoms with Crippen molar-refractivity contribution in [2.24, 2.45) is 7.05 Å². The zero-order valence-corrected chi connectivity index (χ0v) is 14.0. The minimum atomic E-state index is 0.211. The van der Waals surface area contributed by atoms with Crippen molar-refractivity contribution < 1.29 is 0 Å². The number of nitrogens with one attached hydrogen (secondary N) is 1. The summed E-state index contributed by atoms with van der Waals surface area (Å²) in [5.41, 5.74) is 4.71. The molecule has 0 saturated heterocycles. The fourth-order valence-corrected chi connectivity index (χ4v) is 2.96. The maximum absolute atomic E-state index is 6.44. The molecule has 0 aliphatic carbocycles. The van der Waals surface area contributed by atoms with Crippen LogP contribution in [0, 0.1) is 6.92 Å². The number of aromatic nitrogens is 2. The predicted octanol–water partition coefficient (Wildman–Crippen LogP) is 3.84. The number of halogens is 1. The number of hydrogen-bond donors (Lipinski definition) is 1. The van der Waals surface area contributed by atoms with Crippen LogP contribution in [0.4, 0.5) is 0 Å². The van der Waals surface area contributed by atoms with Crippen LogP contribution in [0.5, 0.6) is 0 Å². The van der Waals surface area contributed by atoms with Gasteiger partial charge in [-0.25, -0.2) is 0 Å². The first kappa shape index (κ1) is 16.1. The summed E-state index contributed by atoms with van der Waals surface area (Å²) in [4.78, 5) is 0. The summed E-state index contributed by atoms with van der Waals surface area (Å²) in [7, 11) is 2.01. The first-order valence-electron chi connectivity index (χ1n) is 7.56. The number of aryl methyl sites for hydroxylation is 3. The van der Waals surface area contributed by atoms with Gasteiger partial charge in [-0.1, -0.05) is 37.6 Å². The monoisotopic (exact) mass is 305 g/mol. The highest BCUT2D eigenvalue weighted by Crippen LogP contribution is 2.27. The largest absolute Gasteiger partial charge is 0.310 e. The van der Waals surface area contributed by atoms with Crippen molar-refractivity contribution in [2.45, 2.75) is 39.7 Å². The van der Waals surface area contributed by atoms with Crippen LogP contribution < -0.4 is 5.32 Å². The Bertz CT molecular complexity index is 604. The summed E-state index contributed by atoms with van der Waals surface area (Å²) in [6, 6.07) is 8.67. The summed E-state index contributed by atoms with van der Waals surface area (Å²) >= 11 is 6.44. The van der Waals surface area contributed by atoms with Crippen molar-refractivity contribution in [3.8, 4) is 0 Å². The van der Waals surface area contributed by atoms with Crippen molar-refractivity contribution in [3.63, 3.8) is 0 Å². The van der Waals surface area contributed by atoms with Gasteiger partial charge in [-0.2, -0.15) is 5.10 Å². The van der Waals surface area contributed by atoms with E-state index in [-0.39, 0.29) is 6.04 Å². The van der Waals surface area contributed by atoms with E-state index in [2.05, 4.69) is 49.4 Å². The van der Waals surface area contributed by atoms with E-state index in [4.69, 9.17) is 11.6 Å². The standard InChI is InChI=1S/C17H24ClN3/c1-5-13-10-14(21(4)20-13)11-17(19-6-2)15-8-7-12(3)9-16(15)18/h7-10,17,19H,5-6,11H2,1-4H3. The Hall–Kier alpha value is -1.32. The lowest BCUT2D eigenvalue weighted by atomic mass is 10.00. The Balaban J connectivity index is 2.28. The van der Waals surface area contributed by atoms with Crippen molar-refractivity contribution in [3.05, 3.63) is 51.8 Å². The molecule has 0 spiro atoms. The Kier molecular flexibility index (Phi) is 5.43. The van der Waals surface area contributed by atoms with Gasteiger partial charge in [0.1, 0.15) is 0 Å². The van der Waals surface area contributed by atoms with Crippen LogP contribution in [-0.2, 0) is 19.9 Å². The molecule has 4 heteroatoms. The van der Waals surface area contributed by atoms with Crippen LogP contribution in [0.1, 0.15) is 42.4 Å². The minimum absolute atomic E-state index is 0.211. The van der Waals surface area contributed by atoms with Crippen molar-refractivity contribution in [1.29, 1.82) is 0 Å². The van der Waals surface area contributed by atoms with Gasteiger partial charge in [-0.05, 0) is 43.1 Å². The molecule has 0 bridgehead atoms. The van der Waals surface area contributed by atoms with Crippen molar-refractivity contribution in [1.82, 2.24) is 15.1 Å². The lowest BCUT2D eigenvalue weighted by Gasteiger charge is -2.20. The molecular formula is C17H24ClN3. The molecule has 2 aromatic rings. The third kappa shape index (κ3) is 3.86. The quantitative estimate of drug-likeness (QED) is 0.879. The van der Waals surface area contributed by atoms with Gasteiger partial charge in [0, 0.05) is 30.2 Å². The molecule has 0 saturated carbocycles. The second kappa shape index (κ2) is 7.10. The van der Waals surface area contributed by atoms with Crippen LogP contribution in [0.2, 0.25) is 5.02 Å². The summed E-state index contributed by atoms with van der Waals surface area (Å²) in [6.45, 7) is 7.22. The molecule has 21 heavy (non-hydrogen) atoms. The molecule has 0 radical (unpaired) electrons. The number of hydrogen-bond acceptors (Lipinski definition) is 2. The molecule has 0 aliphatic rings. The topological polar surface area (TPSA) is 29.9 Å². The van der Waals surface area contributed by atoms with E-state index in [1.165, 1.54) is 11.3 Å². The second-order valence-electron chi connectivity index (χ2n) is 5.44. The zero-order chi connectivity index (χ0) is 15.4. The van der Waals surface area contributed by atoms with E-state index >= 15 is 0 Å². The van der Waals surface area contributed by atoms with Crippen LogP contribution in [0.25, 0.3) is 0 Å². The van der Waals surface area contributed by atoms with Gasteiger partial charge in [0.05, 0.1) is 5.69 Å². The highest BCUT2D eigenvalue weighted by Gasteiger charge is 2.17. The Morgan fingerprint density at radius 1 is 1.29 bits per heavy atom. The van der Waals surface area contributed by atoms with E-state index in [0.29, 0.717) is 0 Å². The zero-order valence-electron chi connectivity index (χ0n) is 13.3. The van der Waals surface area contributed by atoms with Gasteiger partial charge in [-0.15, -0.1) is 0 Å². The summed E-state index contributed by atoms with van der Waals surface area (Å²) < 4.78 is 1.98. The normalized spacial score (nSPS) is 12.6. The molecule has 1 unspecified atom stereocenters. The predicted molar refractivity (Wildman–Crippen MR) is 88.9 cm³/mol. The number of likely N-dealkylation sites (N-methyl/N-ethyl adjacent to an activating group) is 1. The van der Waals surface area contributed by atoms with Gasteiger partial charge >= 0.3 is 0 Å². The van der Waals surface area contributed by atoms with E-state index in [1.54, 1.807) is 0 Å². The number of benzene rings is 1. The lowest BCUT2D eigenvalue weighted by molar-refractivity contribution is 0.528. The van der Waals surface area contributed by atoms with E-state index in [9.17, 15) is 0 Å². The maximum atomic E-state index is 6.44. The van der Waals surface area contributed by atoms with Gasteiger partial charge < -0.3 is 5.32 Å². The Labute approximate surface area is 132 Å². The summed E-state index contributed by atoms with van der Waals surface area (Å²) in [5.74, 6) is 0. The van der Waals surface area contributed by atoms with E-state index in [1.807, 2.05) is 17.8 Å². The molecule has 1 atom stereocenters. The molecule has 114 valence electrons. The third-order valence-electron chi connectivity index (χ3n) is 3.78. The molecule has 2 rings (SSSR count). The average Bonchev–Trinajstić information content (AvgIpc) is 2.79. The molecule has 1 aromatic heterocycles. The van der Waals surface area contributed by atoms with Crippen LogP contribution in [0.3, 0.4) is 0 Å². The van der Waals surface area contributed by atoms with Gasteiger partial charge in [0.15, 0.2) is 0 Å². The van der Waals surface area contributed by atoms with Crippen LogP contribution in [-0.4, -0.2) is 16.3 Å². The number of rotatable bonds is 6. The third-order valence-corrected chi connectivity index (χ3v) is 4.11. The molecule has 3 nitrogen and oxygen atoms in total. The molecule has 1 aromatic carbocycles. The molecular weight excluding hydrogens is 282 g/mol. The lowest BCUT2D eigenvalue weighted by Crippen LogP contribution is -2.24. The highest BCUT2D eigenvalue weighted by molar-refractivity contribution is 6.31. The fourth-order valence-electron chi connectivity index (χ4n) is 2.60. The molecule has 0 aliphatic heterocycles. The van der Waals surface area contributed by atoms with Crippen LogP contribution in [0.15, 0.2) is 24.3 Å². The molecule has 1 N–H and O–H groups in total. The fraction of sp³-hybridized carbons (Fsp3) is 0.471. The molecule has 0 fully saturated rings. The Morgan fingerprint density at radius 2 is 2.05 bits per heavy atom. The first-order chi connectivity index (χ1) is 10.0. The summed E-state index contributed by atoms with van der Waals surface area (Å²) in [6.07, 6.45) is 1.85. The molecule has 0 amide bonds.